The summed E-state index contributed by atoms with van der Waals surface area (Å²) < 4.78 is 0. The fraction of sp³-hybridized carbons (Fsp3) is 0.250. The number of halogens is 2. The van der Waals surface area contributed by atoms with Gasteiger partial charge in [-0.05, 0) is 56.1 Å². The van der Waals surface area contributed by atoms with E-state index in [2.05, 4.69) is 9.80 Å². The predicted octanol–water partition coefficient (Wildman–Crippen LogP) is 4.89. The molecule has 0 aliphatic heterocycles. The van der Waals surface area contributed by atoms with Gasteiger partial charge in [0.25, 0.3) is 0 Å². The Morgan fingerprint density at radius 2 is 1.80 bits per heavy atom. The largest absolute Gasteiger partial charge is 0.373 e. The lowest BCUT2D eigenvalue weighted by molar-refractivity contribution is 0.104. The molecule has 0 bridgehead atoms. The zero-order valence-corrected chi connectivity index (χ0v) is 16.2. The predicted molar refractivity (Wildman–Crippen MR) is 108 cm³/mol. The minimum Gasteiger partial charge on any atom is -0.373 e. The van der Waals surface area contributed by atoms with Gasteiger partial charge in [-0.15, -0.1) is 0 Å². The van der Waals surface area contributed by atoms with Crippen molar-refractivity contribution in [2.75, 3.05) is 39.1 Å². The van der Waals surface area contributed by atoms with Crippen molar-refractivity contribution in [1.82, 2.24) is 4.90 Å². The number of benzene rings is 2. The summed E-state index contributed by atoms with van der Waals surface area (Å²) >= 11 is 12.0. The van der Waals surface area contributed by atoms with Gasteiger partial charge in [-0.25, -0.2) is 0 Å². The Bertz CT molecular complexity index is 772. The summed E-state index contributed by atoms with van der Waals surface area (Å²) in [7, 11) is 6.11. The highest BCUT2D eigenvalue weighted by Crippen LogP contribution is 2.22. The fourth-order valence-electron chi connectivity index (χ4n) is 2.27. The molecule has 0 fully saturated rings. The van der Waals surface area contributed by atoms with Gasteiger partial charge in [0, 0.05) is 41.4 Å². The van der Waals surface area contributed by atoms with Gasteiger partial charge in [-0.3, -0.25) is 4.79 Å². The van der Waals surface area contributed by atoms with Crippen LogP contribution in [0.5, 0.6) is 0 Å². The zero-order chi connectivity index (χ0) is 18.4. The van der Waals surface area contributed by atoms with Crippen LogP contribution < -0.4 is 4.90 Å². The van der Waals surface area contributed by atoms with Crippen LogP contribution in [0.1, 0.15) is 15.9 Å². The normalized spacial score (nSPS) is 11.3. The highest BCUT2D eigenvalue weighted by molar-refractivity contribution is 6.35. The molecule has 0 spiro atoms. The third-order valence-corrected chi connectivity index (χ3v) is 4.39. The molecule has 0 saturated carbocycles. The van der Waals surface area contributed by atoms with Crippen molar-refractivity contribution in [3.8, 4) is 0 Å². The lowest BCUT2D eigenvalue weighted by Crippen LogP contribution is -2.28. The molecular weight excluding hydrogens is 355 g/mol. The van der Waals surface area contributed by atoms with Gasteiger partial charge in [-0.2, -0.15) is 0 Å². The second-order valence-corrected chi connectivity index (χ2v) is 6.98. The molecule has 0 heterocycles. The summed E-state index contributed by atoms with van der Waals surface area (Å²) in [6.45, 7) is 1.84. The number of likely N-dealkylation sites (N-methyl/N-ethyl adjacent to an activating group) is 2. The molecule has 0 saturated heterocycles. The van der Waals surface area contributed by atoms with Gasteiger partial charge < -0.3 is 9.80 Å². The minimum absolute atomic E-state index is 0.0612. The molecule has 0 unspecified atom stereocenters. The van der Waals surface area contributed by atoms with E-state index in [1.54, 1.807) is 24.3 Å². The van der Waals surface area contributed by atoms with E-state index in [0.29, 0.717) is 15.6 Å². The fourth-order valence-corrected chi connectivity index (χ4v) is 2.75. The van der Waals surface area contributed by atoms with E-state index < -0.39 is 0 Å². The molecule has 0 atom stereocenters. The average Bonchev–Trinajstić information content (AvgIpc) is 2.58. The van der Waals surface area contributed by atoms with Crippen LogP contribution in [-0.2, 0) is 0 Å². The summed E-state index contributed by atoms with van der Waals surface area (Å²) in [6, 6.07) is 12.8. The van der Waals surface area contributed by atoms with E-state index in [1.165, 1.54) is 6.08 Å². The highest BCUT2D eigenvalue weighted by atomic mass is 35.5. The third kappa shape index (κ3) is 5.89. The number of allylic oxidation sites excluding steroid dienone is 1. The first-order valence-electron chi connectivity index (χ1n) is 8.00. The van der Waals surface area contributed by atoms with Crippen LogP contribution in [0.4, 0.5) is 5.69 Å². The maximum absolute atomic E-state index is 12.5. The Morgan fingerprint density at radius 3 is 2.48 bits per heavy atom. The first-order chi connectivity index (χ1) is 11.9. The first-order valence-corrected chi connectivity index (χ1v) is 8.76. The van der Waals surface area contributed by atoms with Crippen molar-refractivity contribution in [3.05, 3.63) is 69.7 Å². The number of rotatable bonds is 7. The molecule has 0 radical (unpaired) electrons. The minimum atomic E-state index is -0.0612. The molecule has 0 aliphatic rings. The number of hydrogen-bond donors (Lipinski definition) is 0. The Balaban J connectivity index is 2.11. The summed E-state index contributed by atoms with van der Waals surface area (Å²) in [4.78, 5) is 16.7. The molecule has 2 aromatic rings. The number of ketones is 1. The molecule has 2 rings (SSSR count). The Kier molecular flexibility index (Phi) is 7.06. The highest BCUT2D eigenvalue weighted by Gasteiger charge is 2.07. The monoisotopic (exact) mass is 376 g/mol. The van der Waals surface area contributed by atoms with Crippen LogP contribution in [0.25, 0.3) is 6.08 Å². The van der Waals surface area contributed by atoms with E-state index in [0.717, 1.165) is 24.3 Å². The summed E-state index contributed by atoms with van der Waals surface area (Å²) in [5.74, 6) is -0.0612. The molecule has 132 valence electrons. The van der Waals surface area contributed by atoms with Gasteiger partial charge >= 0.3 is 0 Å². The van der Waals surface area contributed by atoms with Gasteiger partial charge in [0.2, 0.25) is 0 Å². The van der Waals surface area contributed by atoms with Gasteiger partial charge in [-0.1, -0.05) is 41.4 Å². The standard InChI is InChI=1S/C20H22Cl2N2O/c1-23(2)11-12-24(3)18-6-4-5-16(13-18)20(25)10-8-15-7-9-17(21)14-19(15)22/h4-10,13-14H,11-12H2,1-3H3/b10-8+. The molecule has 25 heavy (non-hydrogen) atoms. The van der Waals surface area contributed by atoms with E-state index in [1.807, 2.05) is 45.4 Å². The maximum Gasteiger partial charge on any atom is 0.185 e. The van der Waals surface area contributed by atoms with Crippen molar-refractivity contribution in [2.45, 2.75) is 0 Å². The molecule has 0 aliphatic carbocycles. The lowest BCUT2D eigenvalue weighted by Gasteiger charge is -2.21. The van der Waals surface area contributed by atoms with Crippen molar-refractivity contribution in [3.63, 3.8) is 0 Å². The van der Waals surface area contributed by atoms with Crippen molar-refractivity contribution < 1.29 is 4.79 Å². The Hall–Kier alpha value is -1.81. The van der Waals surface area contributed by atoms with Crippen LogP contribution >= 0.6 is 23.2 Å². The molecule has 5 heteroatoms. The summed E-state index contributed by atoms with van der Waals surface area (Å²) in [6.07, 6.45) is 3.25. The van der Waals surface area contributed by atoms with Crippen LogP contribution in [-0.4, -0.2) is 44.9 Å². The second kappa shape index (κ2) is 9.04. The van der Waals surface area contributed by atoms with Gasteiger partial charge in [0.1, 0.15) is 0 Å². The second-order valence-electron chi connectivity index (χ2n) is 6.14. The van der Waals surface area contributed by atoms with Crippen molar-refractivity contribution in [2.24, 2.45) is 0 Å². The summed E-state index contributed by atoms with van der Waals surface area (Å²) in [5, 5.41) is 1.09. The molecular formula is C20H22Cl2N2O. The molecule has 0 amide bonds. The van der Waals surface area contributed by atoms with E-state index >= 15 is 0 Å². The molecule has 0 aromatic heterocycles. The molecule has 3 nitrogen and oxygen atoms in total. The van der Waals surface area contributed by atoms with E-state index in [4.69, 9.17) is 23.2 Å². The van der Waals surface area contributed by atoms with Crippen LogP contribution in [0.15, 0.2) is 48.5 Å². The molecule has 0 N–H and O–H groups in total. The number of carbonyl (C=O) groups excluding carboxylic acids is 1. The van der Waals surface area contributed by atoms with E-state index in [-0.39, 0.29) is 5.78 Å². The smallest absolute Gasteiger partial charge is 0.185 e. The van der Waals surface area contributed by atoms with E-state index in [9.17, 15) is 4.79 Å². The number of anilines is 1. The number of carbonyl (C=O) groups is 1. The van der Waals surface area contributed by atoms with Gasteiger partial charge in [0.15, 0.2) is 5.78 Å². The van der Waals surface area contributed by atoms with Crippen molar-refractivity contribution in [1.29, 1.82) is 0 Å². The Labute approximate surface area is 159 Å². The molecule has 2 aromatic carbocycles. The topological polar surface area (TPSA) is 23.6 Å². The van der Waals surface area contributed by atoms with Crippen LogP contribution in [0.3, 0.4) is 0 Å². The van der Waals surface area contributed by atoms with Crippen LogP contribution in [0.2, 0.25) is 10.0 Å². The maximum atomic E-state index is 12.5. The third-order valence-electron chi connectivity index (χ3n) is 3.83. The average molecular weight is 377 g/mol. The number of hydrogen-bond acceptors (Lipinski definition) is 3. The zero-order valence-electron chi connectivity index (χ0n) is 14.7. The number of nitrogens with zero attached hydrogens (tertiary/aromatic N) is 2. The summed E-state index contributed by atoms with van der Waals surface area (Å²) in [5.41, 5.74) is 2.43. The lowest BCUT2D eigenvalue weighted by atomic mass is 10.1. The van der Waals surface area contributed by atoms with Gasteiger partial charge in [0.05, 0.1) is 0 Å². The SMILES string of the molecule is CN(C)CCN(C)c1cccc(C(=O)/C=C/c2ccc(Cl)cc2Cl)c1. The van der Waals surface area contributed by atoms with Crippen LogP contribution in [0, 0.1) is 0 Å². The quantitative estimate of drug-likeness (QED) is 0.507. The Morgan fingerprint density at radius 1 is 1.04 bits per heavy atom. The van der Waals surface area contributed by atoms with Crippen molar-refractivity contribution >= 4 is 40.7 Å². The first kappa shape index (κ1) is 19.5.